The lowest BCUT2D eigenvalue weighted by Gasteiger charge is -2.36. The average molecular weight is 343 g/mol. The molecule has 4 rings (SSSR count). The van der Waals surface area contributed by atoms with E-state index in [-0.39, 0.29) is 18.1 Å². The van der Waals surface area contributed by atoms with Gasteiger partial charge in [-0.1, -0.05) is 12.1 Å². The molecular formula is C17H18FN5O2. The fraction of sp³-hybridized carbons (Fsp3) is 0.294. The van der Waals surface area contributed by atoms with Gasteiger partial charge in [0.2, 0.25) is 5.95 Å². The number of fused-ring (bicyclic) bond motifs is 1. The van der Waals surface area contributed by atoms with E-state index < -0.39 is 0 Å². The second-order valence-electron chi connectivity index (χ2n) is 5.98. The molecule has 1 fully saturated rings. The van der Waals surface area contributed by atoms with E-state index >= 15 is 0 Å². The van der Waals surface area contributed by atoms with Crippen LogP contribution in [0.25, 0.3) is 11.0 Å². The largest absolute Gasteiger partial charge is 0.376 e. The Bertz CT molecular complexity index is 959. The molecule has 1 aromatic carbocycles. The number of halogens is 1. The van der Waals surface area contributed by atoms with Gasteiger partial charge in [-0.3, -0.25) is 9.78 Å². The maximum absolute atomic E-state index is 13.9. The summed E-state index contributed by atoms with van der Waals surface area (Å²) < 4.78 is 15.4. The number of aliphatic hydroxyl groups excluding tert-OH is 1. The van der Waals surface area contributed by atoms with Crippen LogP contribution >= 0.6 is 0 Å². The Morgan fingerprint density at radius 3 is 2.56 bits per heavy atom. The lowest BCUT2D eigenvalue weighted by Crippen LogP contribution is -2.47. The minimum Gasteiger partial charge on any atom is -0.376 e. The van der Waals surface area contributed by atoms with Crippen LogP contribution in [0.3, 0.4) is 0 Å². The normalized spacial score (nSPS) is 15.1. The standard InChI is InChI=1S/C17H18FN5O2/c18-13-3-1-2-4-14(13)21-7-9-22(10-8-21)17-19-15-12(16(25)20-17)5-6-23(15)11-24/h1-6,24H,7-11H2,(H,19,20,25). The van der Waals surface area contributed by atoms with Gasteiger partial charge in [0.15, 0.2) is 5.65 Å². The smallest absolute Gasteiger partial charge is 0.261 e. The van der Waals surface area contributed by atoms with Crippen molar-refractivity contribution < 1.29 is 9.50 Å². The highest BCUT2D eigenvalue weighted by Gasteiger charge is 2.21. The van der Waals surface area contributed by atoms with Crippen LogP contribution in [-0.4, -0.2) is 45.8 Å². The van der Waals surface area contributed by atoms with E-state index in [1.807, 2.05) is 15.9 Å². The first-order valence-corrected chi connectivity index (χ1v) is 8.12. The van der Waals surface area contributed by atoms with E-state index in [4.69, 9.17) is 0 Å². The first-order chi connectivity index (χ1) is 12.2. The highest BCUT2D eigenvalue weighted by atomic mass is 19.1. The van der Waals surface area contributed by atoms with E-state index in [0.717, 1.165) is 0 Å². The molecule has 1 saturated heterocycles. The molecule has 25 heavy (non-hydrogen) atoms. The number of aromatic nitrogens is 3. The molecule has 8 heteroatoms. The van der Waals surface area contributed by atoms with Crippen molar-refractivity contribution in [2.75, 3.05) is 36.0 Å². The maximum Gasteiger partial charge on any atom is 0.261 e. The van der Waals surface area contributed by atoms with Crippen molar-refractivity contribution in [1.29, 1.82) is 0 Å². The molecule has 0 atom stereocenters. The van der Waals surface area contributed by atoms with Gasteiger partial charge < -0.3 is 19.5 Å². The van der Waals surface area contributed by atoms with Crippen molar-refractivity contribution in [2.45, 2.75) is 6.73 Å². The van der Waals surface area contributed by atoms with Crippen molar-refractivity contribution in [3.05, 3.63) is 52.7 Å². The van der Waals surface area contributed by atoms with Crippen LogP contribution in [-0.2, 0) is 6.73 Å². The summed E-state index contributed by atoms with van der Waals surface area (Å²) >= 11 is 0. The Balaban J connectivity index is 1.57. The number of piperazine rings is 1. The molecular weight excluding hydrogens is 325 g/mol. The molecule has 0 spiro atoms. The van der Waals surface area contributed by atoms with E-state index in [1.54, 1.807) is 24.4 Å². The van der Waals surface area contributed by atoms with Gasteiger partial charge >= 0.3 is 0 Å². The minimum atomic E-state index is -0.236. The summed E-state index contributed by atoms with van der Waals surface area (Å²) in [4.78, 5) is 23.5. The molecule has 3 heterocycles. The van der Waals surface area contributed by atoms with E-state index in [1.165, 1.54) is 10.6 Å². The van der Waals surface area contributed by atoms with Gasteiger partial charge in [0, 0.05) is 32.4 Å². The summed E-state index contributed by atoms with van der Waals surface area (Å²) in [6.45, 7) is 2.25. The predicted molar refractivity (Wildman–Crippen MR) is 93.4 cm³/mol. The fourth-order valence-corrected chi connectivity index (χ4v) is 3.19. The Hall–Kier alpha value is -2.87. The summed E-state index contributed by atoms with van der Waals surface area (Å²) in [7, 11) is 0. The molecule has 0 radical (unpaired) electrons. The number of aromatic amines is 1. The highest BCUT2D eigenvalue weighted by Crippen LogP contribution is 2.21. The zero-order valence-electron chi connectivity index (χ0n) is 13.5. The molecule has 130 valence electrons. The second kappa shape index (κ2) is 6.21. The number of hydrogen-bond acceptors (Lipinski definition) is 5. The molecule has 3 aromatic rings. The number of H-pyrrole nitrogens is 1. The number of rotatable bonds is 3. The number of hydrogen-bond donors (Lipinski definition) is 2. The van der Waals surface area contributed by atoms with Gasteiger partial charge in [-0.2, -0.15) is 4.98 Å². The zero-order valence-corrected chi connectivity index (χ0v) is 13.5. The number of nitrogens with one attached hydrogen (secondary N) is 1. The molecule has 0 saturated carbocycles. The van der Waals surface area contributed by atoms with Crippen LogP contribution < -0.4 is 15.4 Å². The van der Waals surface area contributed by atoms with Gasteiger partial charge in [-0.15, -0.1) is 0 Å². The fourth-order valence-electron chi connectivity index (χ4n) is 3.19. The first-order valence-electron chi connectivity index (χ1n) is 8.12. The molecule has 1 aliphatic rings. The summed E-state index contributed by atoms with van der Waals surface area (Å²) in [6.07, 6.45) is 1.63. The third-order valence-electron chi connectivity index (χ3n) is 4.54. The van der Waals surface area contributed by atoms with E-state index in [0.29, 0.717) is 48.8 Å². The molecule has 0 unspecified atom stereocenters. The van der Waals surface area contributed by atoms with Crippen LogP contribution in [0.2, 0.25) is 0 Å². The van der Waals surface area contributed by atoms with Crippen molar-refractivity contribution >= 4 is 22.7 Å². The third-order valence-corrected chi connectivity index (χ3v) is 4.54. The van der Waals surface area contributed by atoms with Gasteiger partial charge in [-0.05, 0) is 18.2 Å². The van der Waals surface area contributed by atoms with Gasteiger partial charge in [0.25, 0.3) is 5.56 Å². The number of para-hydroxylation sites is 1. The van der Waals surface area contributed by atoms with Crippen LogP contribution in [0.4, 0.5) is 16.0 Å². The molecule has 0 bridgehead atoms. The predicted octanol–water partition coefficient (Wildman–Crippen LogP) is 1.14. The van der Waals surface area contributed by atoms with Gasteiger partial charge in [0.1, 0.15) is 12.5 Å². The number of anilines is 2. The zero-order chi connectivity index (χ0) is 17.4. The average Bonchev–Trinajstić information content (AvgIpc) is 3.06. The van der Waals surface area contributed by atoms with Crippen molar-refractivity contribution in [3.63, 3.8) is 0 Å². The van der Waals surface area contributed by atoms with Gasteiger partial charge in [0.05, 0.1) is 11.1 Å². The Labute approximate surface area is 142 Å². The molecule has 2 N–H and O–H groups in total. The SMILES string of the molecule is O=c1[nH]c(N2CCN(c3ccccc3F)CC2)nc2c1ccn2CO. The van der Waals surface area contributed by atoms with Crippen molar-refractivity contribution in [1.82, 2.24) is 14.5 Å². The molecule has 2 aromatic heterocycles. The lowest BCUT2D eigenvalue weighted by atomic mass is 10.2. The Morgan fingerprint density at radius 1 is 1.12 bits per heavy atom. The molecule has 7 nitrogen and oxygen atoms in total. The summed E-state index contributed by atoms with van der Waals surface area (Å²) in [5.74, 6) is 0.240. The first kappa shape index (κ1) is 15.6. The van der Waals surface area contributed by atoms with Crippen LogP contribution in [0.5, 0.6) is 0 Å². The number of aliphatic hydroxyl groups is 1. The molecule has 1 aliphatic heterocycles. The third kappa shape index (κ3) is 2.74. The van der Waals surface area contributed by atoms with Crippen molar-refractivity contribution in [3.8, 4) is 0 Å². The lowest BCUT2D eigenvalue weighted by molar-refractivity contribution is 0.215. The maximum atomic E-state index is 13.9. The quantitative estimate of drug-likeness (QED) is 0.746. The van der Waals surface area contributed by atoms with E-state index in [9.17, 15) is 14.3 Å². The molecule has 0 amide bonds. The molecule has 0 aliphatic carbocycles. The second-order valence-corrected chi connectivity index (χ2v) is 5.98. The van der Waals surface area contributed by atoms with Crippen LogP contribution in [0.1, 0.15) is 0 Å². The van der Waals surface area contributed by atoms with Crippen LogP contribution in [0.15, 0.2) is 41.3 Å². The van der Waals surface area contributed by atoms with Gasteiger partial charge in [-0.25, -0.2) is 4.39 Å². The Kier molecular flexibility index (Phi) is 3.89. The Morgan fingerprint density at radius 2 is 1.84 bits per heavy atom. The van der Waals surface area contributed by atoms with Crippen molar-refractivity contribution in [2.24, 2.45) is 0 Å². The number of nitrogens with zero attached hydrogens (tertiary/aromatic N) is 4. The topological polar surface area (TPSA) is 77.4 Å². The summed E-state index contributed by atoms with van der Waals surface area (Å²) in [5.41, 5.74) is 0.815. The van der Waals surface area contributed by atoms with Crippen LogP contribution in [0, 0.1) is 5.82 Å². The summed E-state index contributed by atoms with van der Waals surface area (Å²) in [5, 5.41) is 9.81. The monoisotopic (exact) mass is 343 g/mol. The van der Waals surface area contributed by atoms with E-state index in [2.05, 4.69) is 9.97 Å². The number of benzene rings is 1. The highest BCUT2D eigenvalue weighted by molar-refractivity contribution is 5.76. The summed E-state index contributed by atoms with van der Waals surface area (Å²) in [6, 6.07) is 8.36. The minimum absolute atomic E-state index is 0.232.